The van der Waals surface area contributed by atoms with E-state index in [9.17, 15) is 4.79 Å². The first-order chi connectivity index (χ1) is 14.1. The van der Waals surface area contributed by atoms with Gasteiger partial charge in [-0.3, -0.25) is 0 Å². The van der Waals surface area contributed by atoms with E-state index >= 15 is 0 Å². The Morgan fingerprint density at radius 1 is 1.10 bits per heavy atom. The lowest BCUT2D eigenvalue weighted by molar-refractivity contribution is -0.129. The zero-order valence-corrected chi connectivity index (χ0v) is 16.9. The number of aryl methyl sites for hydroxylation is 1. The molecule has 6 heteroatoms. The number of aliphatic imine (C=N–C) groups is 1. The molecule has 1 aliphatic rings. The third kappa shape index (κ3) is 4.38. The first-order valence-corrected chi connectivity index (χ1v) is 9.93. The average Bonchev–Trinajstić information content (AvgIpc) is 3.38. The summed E-state index contributed by atoms with van der Waals surface area (Å²) < 4.78 is 16.6. The molecule has 0 spiro atoms. The fourth-order valence-electron chi connectivity index (χ4n) is 2.81. The van der Waals surface area contributed by atoms with Crippen LogP contribution in [0.4, 0.5) is 0 Å². The number of ether oxygens (including phenoxy) is 3. The van der Waals surface area contributed by atoms with Gasteiger partial charge in [-0.2, -0.15) is 0 Å². The van der Waals surface area contributed by atoms with Crippen molar-refractivity contribution in [1.82, 2.24) is 0 Å². The molecule has 0 unspecified atom stereocenters. The van der Waals surface area contributed by atoms with Crippen molar-refractivity contribution in [3.05, 3.63) is 87.2 Å². The van der Waals surface area contributed by atoms with Crippen molar-refractivity contribution < 1.29 is 19.0 Å². The van der Waals surface area contributed by atoms with Crippen LogP contribution < -0.4 is 9.47 Å². The molecule has 2 aromatic carbocycles. The Morgan fingerprint density at radius 2 is 1.93 bits per heavy atom. The minimum atomic E-state index is -0.466. The number of methoxy groups -OCH3 is 1. The number of nitrogens with zero attached hydrogens (tertiary/aromatic N) is 1. The van der Waals surface area contributed by atoms with Crippen molar-refractivity contribution in [3.8, 4) is 11.5 Å². The highest BCUT2D eigenvalue weighted by atomic mass is 32.1. The van der Waals surface area contributed by atoms with Crippen LogP contribution in [-0.4, -0.2) is 19.0 Å². The van der Waals surface area contributed by atoms with Gasteiger partial charge >= 0.3 is 5.97 Å². The number of benzene rings is 2. The highest BCUT2D eigenvalue weighted by Gasteiger charge is 2.24. The van der Waals surface area contributed by atoms with Gasteiger partial charge in [0.25, 0.3) is 0 Å². The Bertz CT molecular complexity index is 1080. The smallest absolute Gasteiger partial charge is 0.363 e. The fourth-order valence-corrected chi connectivity index (χ4v) is 3.46. The normalized spacial score (nSPS) is 14.6. The first-order valence-electron chi connectivity index (χ1n) is 9.05. The number of carbonyl (C=O) groups excluding carboxylic acids is 1. The van der Waals surface area contributed by atoms with Gasteiger partial charge in [-0.1, -0.05) is 42.0 Å². The maximum Gasteiger partial charge on any atom is 0.363 e. The minimum Gasteiger partial charge on any atom is -0.493 e. The molecule has 0 radical (unpaired) electrons. The fraction of sp³-hybridized carbons (Fsp3) is 0.130. The standard InChI is InChI=1S/C23H19NO4S/c1-15-5-7-16(8-6-15)14-27-19-10-9-17(13-20(19)26-2)12-18-23(25)28-22(24-18)21-4-3-11-29-21/h3-13H,14H2,1-2H3/b18-12-. The van der Waals surface area contributed by atoms with Crippen LogP contribution in [0.1, 0.15) is 21.6 Å². The monoisotopic (exact) mass is 405 g/mol. The van der Waals surface area contributed by atoms with Crippen LogP contribution >= 0.6 is 11.3 Å². The second-order valence-electron chi connectivity index (χ2n) is 6.50. The molecule has 0 atom stereocenters. The van der Waals surface area contributed by atoms with E-state index in [4.69, 9.17) is 14.2 Å². The number of hydrogen-bond acceptors (Lipinski definition) is 6. The van der Waals surface area contributed by atoms with Gasteiger partial charge in [-0.05, 0) is 47.7 Å². The zero-order chi connectivity index (χ0) is 20.2. The van der Waals surface area contributed by atoms with Gasteiger partial charge in [0.2, 0.25) is 5.90 Å². The van der Waals surface area contributed by atoms with Crippen LogP contribution in [0.2, 0.25) is 0 Å². The number of carbonyl (C=O) groups is 1. The maximum atomic E-state index is 12.1. The minimum absolute atomic E-state index is 0.253. The zero-order valence-electron chi connectivity index (χ0n) is 16.0. The van der Waals surface area contributed by atoms with Gasteiger partial charge in [0.05, 0.1) is 12.0 Å². The van der Waals surface area contributed by atoms with Crippen molar-refractivity contribution >= 4 is 29.3 Å². The lowest BCUT2D eigenvalue weighted by Gasteiger charge is -2.11. The molecule has 0 N–H and O–H groups in total. The third-order valence-electron chi connectivity index (χ3n) is 4.36. The van der Waals surface area contributed by atoms with Crippen LogP contribution in [0.5, 0.6) is 11.5 Å². The molecular formula is C23H19NO4S. The lowest BCUT2D eigenvalue weighted by atomic mass is 10.1. The molecule has 1 aliphatic heterocycles. The molecule has 29 heavy (non-hydrogen) atoms. The molecule has 0 amide bonds. The van der Waals surface area contributed by atoms with Crippen LogP contribution in [0.25, 0.3) is 6.08 Å². The van der Waals surface area contributed by atoms with E-state index in [1.54, 1.807) is 13.2 Å². The molecule has 0 fully saturated rings. The molecule has 5 nitrogen and oxygen atoms in total. The van der Waals surface area contributed by atoms with Crippen LogP contribution in [0.15, 0.2) is 70.7 Å². The van der Waals surface area contributed by atoms with Gasteiger partial charge in [-0.15, -0.1) is 11.3 Å². The van der Waals surface area contributed by atoms with Crippen molar-refractivity contribution in [2.75, 3.05) is 7.11 Å². The third-order valence-corrected chi connectivity index (χ3v) is 5.22. The Labute approximate surface area is 172 Å². The van der Waals surface area contributed by atoms with Crippen LogP contribution in [0.3, 0.4) is 0 Å². The summed E-state index contributed by atoms with van der Waals surface area (Å²) in [5.74, 6) is 1.08. The molecule has 2 heterocycles. The van der Waals surface area contributed by atoms with E-state index in [-0.39, 0.29) is 5.70 Å². The summed E-state index contributed by atoms with van der Waals surface area (Å²) >= 11 is 1.47. The van der Waals surface area contributed by atoms with E-state index in [0.717, 1.165) is 16.0 Å². The molecule has 0 saturated carbocycles. The van der Waals surface area contributed by atoms with Crippen molar-refractivity contribution in [2.24, 2.45) is 4.99 Å². The topological polar surface area (TPSA) is 57.1 Å². The van der Waals surface area contributed by atoms with Crippen molar-refractivity contribution in [2.45, 2.75) is 13.5 Å². The summed E-state index contributed by atoms with van der Waals surface area (Å²) in [5.41, 5.74) is 3.31. The highest BCUT2D eigenvalue weighted by molar-refractivity contribution is 7.12. The molecule has 0 aliphatic carbocycles. The SMILES string of the molecule is COc1cc(/C=C2\N=C(c3cccs3)OC2=O)ccc1OCc1ccc(C)cc1. The van der Waals surface area contributed by atoms with E-state index in [1.807, 2.05) is 47.8 Å². The van der Waals surface area contributed by atoms with Gasteiger partial charge in [0.15, 0.2) is 17.2 Å². The summed E-state index contributed by atoms with van der Waals surface area (Å²) in [4.78, 5) is 17.3. The Hall–Kier alpha value is -3.38. The number of hydrogen-bond donors (Lipinski definition) is 0. The molecule has 4 rings (SSSR count). The maximum absolute atomic E-state index is 12.1. The molecule has 3 aromatic rings. The summed E-state index contributed by atoms with van der Waals surface area (Å²) in [7, 11) is 1.59. The predicted molar refractivity (Wildman–Crippen MR) is 113 cm³/mol. The lowest BCUT2D eigenvalue weighted by Crippen LogP contribution is -2.03. The summed E-state index contributed by atoms with van der Waals surface area (Å²) in [5, 5.41) is 1.91. The van der Waals surface area contributed by atoms with E-state index in [2.05, 4.69) is 24.0 Å². The Balaban J connectivity index is 1.52. The number of esters is 1. The second kappa shape index (κ2) is 8.32. The van der Waals surface area contributed by atoms with Gasteiger partial charge in [0, 0.05) is 0 Å². The summed E-state index contributed by atoms with van der Waals surface area (Å²) in [6.45, 7) is 2.49. The van der Waals surface area contributed by atoms with Gasteiger partial charge in [-0.25, -0.2) is 9.79 Å². The predicted octanol–water partition coefficient (Wildman–Crippen LogP) is 4.99. The number of thiophene rings is 1. The number of cyclic esters (lactones) is 1. The average molecular weight is 405 g/mol. The van der Waals surface area contributed by atoms with E-state index in [0.29, 0.717) is 24.0 Å². The van der Waals surface area contributed by atoms with E-state index in [1.165, 1.54) is 16.9 Å². The van der Waals surface area contributed by atoms with Crippen LogP contribution in [-0.2, 0) is 16.1 Å². The highest BCUT2D eigenvalue weighted by Crippen LogP contribution is 2.30. The molecular weight excluding hydrogens is 386 g/mol. The second-order valence-corrected chi connectivity index (χ2v) is 7.45. The molecule has 0 bridgehead atoms. The van der Waals surface area contributed by atoms with Gasteiger partial charge in [0.1, 0.15) is 6.61 Å². The van der Waals surface area contributed by atoms with Crippen molar-refractivity contribution in [3.63, 3.8) is 0 Å². The van der Waals surface area contributed by atoms with Crippen molar-refractivity contribution in [1.29, 1.82) is 0 Å². The first kappa shape index (κ1) is 19.0. The van der Waals surface area contributed by atoms with E-state index < -0.39 is 5.97 Å². The quantitative estimate of drug-likeness (QED) is 0.428. The van der Waals surface area contributed by atoms with Crippen LogP contribution in [0, 0.1) is 6.92 Å². The largest absolute Gasteiger partial charge is 0.493 e. The number of rotatable bonds is 6. The molecule has 1 aromatic heterocycles. The Morgan fingerprint density at radius 3 is 2.66 bits per heavy atom. The Kier molecular flexibility index (Phi) is 5.44. The summed E-state index contributed by atoms with van der Waals surface area (Å²) in [6.07, 6.45) is 1.68. The summed E-state index contributed by atoms with van der Waals surface area (Å²) in [6, 6.07) is 17.4. The molecule has 0 saturated heterocycles. The molecule has 146 valence electrons. The van der Waals surface area contributed by atoms with Gasteiger partial charge < -0.3 is 14.2 Å².